The van der Waals surface area contributed by atoms with Gasteiger partial charge in [0.2, 0.25) is 0 Å². The van der Waals surface area contributed by atoms with E-state index in [0.29, 0.717) is 11.8 Å². The molecule has 2 N–H and O–H groups in total. The lowest BCUT2D eigenvalue weighted by atomic mass is 9.95. The van der Waals surface area contributed by atoms with Crippen molar-refractivity contribution in [3.63, 3.8) is 0 Å². The second-order valence-corrected chi connectivity index (χ2v) is 4.75. The summed E-state index contributed by atoms with van der Waals surface area (Å²) in [5.41, 5.74) is 0. The van der Waals surface area contributed by atoms with Gasteiger partial charge in [-0.05, 0) is 25.2 Å². The minimum atomic E-state index is -1.01. The van der Waals surface area contributed by atoms with Crippen LogP contribution in [0.3, 0.4) is 0 Å². The molecule has 1 rings (SSSR count). The summed E-state index contributed by atoms with van der Waals surface area (Å²) in [4.78, 5) is 24.0. The average molecular weight is 228 g/mol. The van der Waals surface area contributed by atoms with Gasteiger partial charge in [-0.1, -0.05) is 13.8 Å². The first-order valence-electron chi connectivity index (χ1n) is 5.70. The lowest BCUT2D eigenvalue weighted by Gasteiger charge is -2.20. The molecule has 1 heterocycles. The van der Waals surface area contributed by atoms with Gasteiger partial charge in [0.1, 0.15) is 6.04 Å². The number of carbonyl (C=O) groups is 2. The van der Waals surface area contributed by atoms with Crippen LogP contribution in [0.2, 0.25) is 0 Å². The number of likely N-dealkylation sites (tertiary alicyclic amines) is 1. The molecule has 5 heteroatoms. The topological polar surface area (TPSA) is 69.6 Å². The number of carboxylic acids is 1. The van der Waals surface area contributed by atoms with Crippen molar-refractivity contribution < 1.29 is 14.7 Å². The van der Waals surface area contributed by atoms with E-state index in [2.05, 4.69) is 19.2 Å². The summed E-state index contributed by atoms with van der Waals surface area (Å²) < 4.78 is 0. The van der Waals surface area contributed by atoms with Crippen molar-refractivity contribution in [1.29, 1.82) is 0 Å². The van der Waals surface area contributed by atoms with Crippen LogP contribution < -0.4 is 5.32 Å². The molecule has 5 nitrogen and oxygen atoms in total. The number of rotatable bonds is 3. The summed E-state index contributed by atoms with van der Waals surface area (Å²) in [6.45, 7) is 7.21. The van der Waals surface area contributed by atoms with Crippen LogP contribution in [0.15, 0.2) is 0 Å². The van der Waals surface area contributed by atoms with E-state index in [0.717, 1.165) is 19.5 Å². The fourth-order valence-corrected chi connectivity index (χ4v) is 1.85. The van der Waals surface area contributed by atoms with E-state index >= 15 is 0 Å². The summed E-state index contributed by atoms with van der Waals surface area (Å²) >= 11 is 0. The van der Waals surface area contributed by atoms with Gasteiger partial charge in [0.25, 0.3) is 0 Å². The number of nitrogens with one attached hydrogen (secondary N) is 1. The summed E-state index contributed by atoms with van der Waals surface area (Å²) in [6.07, 6.45) is 1.01. The third-order valence-electron chi connectivity index (χ3n) is 3.17. The number of hydrogen-bond acceptors (Lipinski definition) is 2. The predicted molar refractivity (Wildman–Crippen MR) is 60.1 cm³/mol. The van der Waals surface area contributed by atoms with E-state index in [9.17, 15) is 9.59 Å². The molecule has 1 unspecified atom stereocenters. The Morgan fingerprint density at radius 1 is 1.38 bits per heavy atom. The number of nitrogens with zero attached hydrogens (tertiary/aromatic N) is 1. The second-order valence-electron chi connectivity index (χ2n) is 4.75. The zero-order valence-electron chi connectivity index (χ0n) is 10.1. The molecule has 16 heavy (non-hydrogen) atoms. The van der Waals surface area contributed by atoms with Crippen LogP contribution in [0, 0.1) is 11.8 Å². The smallest absolute Gasteiger partial charge is 0.325 e. The van der Waals surface area contributed by atoms with Crippen LogP contribution in [-0.2, 0) is 4.79 Å². The van der Waals surface area contributed by atoms with Gasteiger partial charge in [-0.15, -0.1) is 0 Å². The monoisotopic (exact) mass is 228 g/mol. The minimum absolute atomic E-state index is 0.266. The maximum absolute atomic E-state index is 11.7. The summed E-state index contributed by atoms with van der Waals surface area (Å²) in [5.74, 6) is 0.0912. The molecule has 0 aromatic carbocycles. The third kappa shape index (κ3) is 3.12. The molecule has 0 spiro atoms. The van der Waals surface area contributed by atoms with Crippen molar-refractivity contribution in [3.8, 4) is 0 Å². The van der Waals surface area contributed by atoms with Crippen molar-refractivity contribution in [1.82, 2.24) is 10.2 Å². The van der Waals surface area contributed by atoms with Crippen LogP contribution in [0.4, 0.5) is 4.79 Å². The maximum atomic E-state index is 11.7. The summed E-state index contributed by atoms with van der Waals surface area (Å²) in [6, 6.07) is -1.09. The first-order valence-corrected chi connectivity index (χ1v) is 5.70. The Labute approximate surface area is 95.8 Å². The number of aliphatic carboxylic acids is 1. The van der Waals surface area contributed by atoms with Gasteiger partial charge < -0.3 is 15.3 Å². The number of carbonyl (C=O) groups excluding carboxylic acids is 1. The molecular weight excluding hydrogens is 208 g/mol. The molecule has 0 radical (unpaired) electrons. The first-order chi connectivity index (χ1) is 7.41. The molecule has 0 saturated carbocycles. The Hall–Kier alpha value is -1.26. The van der Waals surface area contributed by atoms with Crippen LogP contribution in [0.5, 0.6) is 0 Å². The van der Waals surface area contributed by atoms with Crippen molar-refractivity contribution >= 4 is 12.0 Å². The van der Waals surface area contributed by atoms with Crippen molar-refractivity contribution in [2.75, 3.05) is 13.1 Å². The Morgan fingerprint density at radius 3 is 2.44 bits per heavy atom. The van der Waals surface area contributed by atoms with Crippen LogP contribution in [0.25, 0.3) is 0 Å². The highest BCUT2D eigenvalue weighted by Gasteiger charge is 2.29. The van der Waals surface area contributed by atoms with E-state index in [-0.39, 0.29) is 6.03 Å². The zero-order chi connectivity index (χ0) is 12.3. The highest BCUT2D eigenvalue weighted by Crippen LogP contribution is 2.23. The Kier molecular flexibility index (Phi) is 4.15. The molecule has 1 fully saturated rings. The van der Waals surface area contributed by atoms with Crippen LogP contribution in [0.1, 0.15) is 27.2 Å². The molecule has 1 aliphatic rings. The van der Waals surface area contributed by atoms with E-state index in [1.807, 2.05) is 0 Å². The molecular formula is C11H20N2O3. The predicted octanol–water partition coefficient (Wildman–Crippen LogP) is 1.15. The molecule has 0 aromatic rings. The van der Waals surface area contributed by atoms with Gasteiger partial charge in [-0.3, -0.25) is 4.79 Å². The molecule has 2 atom stereocenters. The van der Waals surface area contributed by atoms with Crippen LogP contribution in [-0.4, -0.2) is 41.1 Å². The zero-order valence-corrected chi connectivity index (χ0v) is 10.1. The first kappa shape index (κ1) is 12.8. The van der Waals surface area contributed by atoms with Gasteiger partial charge in [0.15, 0.2) is 0 Å². The minimum Gasteiger partial charge on any atom is -0.480 e. The van der Waals surface area contributed by atoms with Gasteiger partial charge in [-0.25, -0.2) is 4.79 Å². The molecule has 2 amide bonds. The van der Waals surface area contributed by atoms with Gasteiger partial charge in [-0.2, -0.15) is 0 Å². The summed E-state index contributed by atoms with van der Waals surface area (Å²) in [7, 11) is 0. The highest BCUT2D eigenvalue weighted by atomic mass is 16.4. The molecule has 0 aliphatic carbocycles. The molecule has 1 aliphatic heterocycles. The van der Waals surface area contributed by atoms with Crippen molar-refractivity contribution in [3.05, 3.63) is 0 Å². The van der Waals surface area contributed by atoms with E-state index in [1.54, 1.807) is 4.90 Å². The van der Waals surface area contributed by atoms with Gasteiger partial charge in [0, 0.05) is 13.1 Å². The Morgan fingerprint density at radius 2 is 2.00 bits per heavy atom. The van der Waals surface area contributed by atoms with Gasteiger partial charge >= 0.3 is 12.0 Å². The normalized spacial score (nSPS) is 22.2. The molecule has 0 bridgehead atoms. The second kappa shape index (κ2) is 5.18. The van der Waals surface area contributed by atoms with Crippen molar-refractivity contribution in [2.24, 2.45) is 11.8 Å². The number of urea groups is 1. The number of hydrogen-bond donors (Lipinski definition) is 2. The molecule has 92 valence electrons. The largest absolute Gasteiger partial charge is 0.480 e. The number of amides is 2. The lowest BCUT2D eigenvalue weighted by Crippen LogP contribution is -2.45. The van der Waals surface area contributed by atoms with Crippen LogP contribution >= 0.6 is 0 Å². The average Bonchev–Trinajstić information content (AvgIpc) is 2.65. The van der Waals surface area contributed by atoms with E-state index < -0.39 is 12.0 Å². The standard InChI is InChI=1S/C11H20N2O3/c1-7(2)9-4-5-13(6-9)11(16)12-8(3)10(14)15/h7-9H,4-6H2,1-3H3,(H,12,16)(H,14,15)/t8-,9?/m1/s1. The Balaban J connectivity index is 2.42. The van der Waals surface area contributed by atoms with E-state index in [1.165, 1.54) is 6.92 Å². The fraction of sp³-hybridized carbons (Fsp3) is 0.818. The fourth-order valence-electron chi connectivity index (χ4n) is 1.85. The maximum Gasteiger partial charge on any atom is 0.325 e. The third-order valence-corrected chi connectivity index (χ3v) is 3.17. The van der Waals surface area contributed by atoms with Crippen molar-refractivity contribution in [2.45, 2.75) is 33.2 Å². The summed E-state index contributed by atoms with van der Waals surface area (Å²) in [5, 5.41) is 11.1. The SMILES string of the molecule is CC(C)C1CCN(C(=O)N[C@H](C)C(=O)O)C1. The van der Waals surface area contributed by atoms with E-state index in [4.69, 9.17) is 5.11 Å². The molecule has 0 aromatic heterocycles. The Bertz CT molecular complexity index is 278. The number of carboxylic acid groups (broad SMARTS) is 1. The molecule has 1 saturated heterocycles. The van der Waals surface area contributed by atoms with Gasteiger partial charge in [0.05, 0.1) is 0 Å². The lowest BCUT2D eigenvalue weighted by molar-refractivity contribution is -0.138. The quantitative estimate of drug-likeness (QED) is 0.761. The highest BCUT2D eigenvalue weighted by molar-refractivity contribution is 5.82.